The Balaban J connectivity index is 2.49. The molecule has 1 aliphatic heterocycles. The van der Waals surface area contributed by atoms with Crippen molar-refractivity contribution in [1.29, 1.82) is 0 Å². The van der Waals surface area contributed by atoms with Crippen LogP contribution >= 0.6 is 0 Å². The van der Waals surface area contributed by atoms with E-state index in [1.165, 1.54) is 5.01 Å². The van der Waals surface area contributed by atoms with E-state index in [9.17, 15) is 4.79 Å². The second kappa shape index (κ2) is 2.62. The molecule has 0 saturated carbocycles. The predicted molar refractivity (Wildman–Crippen MR) is 49.4 cm³/mol. The van der Waals surface area contributed by atoms with E-state index in [2.05, 4.69) is 10.3 Å². The average Bonchev–Trinajstić information content (AvgIpc) is 2.15. The number of carbonyl (C=O) groups is 1. The molecule has 0 saturated heterocycles. The fourth-order valence-corrected chi connectivity index (χ4v) is 1.23. The third kappa shape index (κ3) is 1.09. The van der Waals surface area contributed by atoms with Crippen molar-refractivity contribution in [2.45, 2.75) is 0 Å². The number of nitrogens with one attached hydrogen (secondary N) is 1. The summed E-state index contributed by atoms with van der Waals surface area (Å²) in [5.41, 5.74) is 0.744. The average molecular weight is 178 g/mol. The van der Waals surface area contributed by atoms with Crippen molar-refractivity contribution < 1.29 is 4.79 Å². The minimum Gasteiger partial charge on any atom is -0.303 e. The van der Waals surface area contributed by atoms with E-state index in [0.717, 1.165) is 11.5 Å². The first-order valence-corrected chi connectivity index (χ1v) is 3.93. The van der Waals surface area contributed by atoms with Gasteiger partial charge in [-0.1, -0.05) is 0 Å². The summed E-state index contributed by atoms with van der Waals surface area (Å²) in [5, 5.41) is 5.89. The van der Waals surface area contributed by atoms with Gasteiger partial charge in [0.05, 0.1) is 5.69 Å². The topological polar surface area (TPSA) is 48.5 Å². The lowest BCUT2D eigenvalue weighted by atomic mass is 10.3. The molecule has 0 fully saturated rings. The van der Waals surface area contributed by atoms with Crippen LogP contribution in [0.15, 0.2) is 18.3 Å². The van der Waals surface area contributed by atoms with Crippen LogP contribution in [0, 0.1) is 0 Å². The van der Waals surface area contributed by atoms with Crippen molar-refractivity contribution in [3.05, 3.63) is 18.3 Å². The smallest absolute Gasteiger partial charge is 0.303 e. The Kier molecular flexibility index (Phi) is 1.58. The minimum atomic E-state index is -0.150. The van der Waals surface area contributed by atoms with Crippen LogP contribution < -0.4 is 10.3 Å². The van der Waals surface area contributed by atoms with Crippen LogP contribution in [0.2, 0.25) is 0 Å². The predicted octanol–water partition coefficient (Wildman–Crippen LogP) is 0.910. The van der Waals surface area contributed by atoms with E-state index in [1.54, 1.807) is 31.4 Å². The number of fused-ring (bicyclic) bond motifs is 1. The van der Waals surface area contributed by atoms with Crippen LogP contribution in [0.3, 0.4) is 0 Å². The highest BCUT2D eigenvalue weighted by molar-refractivity contribution is 5.96. The van der Waals surface area contributed by atoms with Gasteiger partial charge in [0.25, 0.3) is 0 Å². The Bertz CT molecular complexity index is 352. The van der Waals surface area contributed by atoms with E-state index < -0.39 is 0 Å². The highest BCUT2D eigenvalue weighted by Gasteiger charge is 2.24. The van der Waals surface area contributed by atoms with E-state index in [0.29, 0.717) is 0 Å². The molecule has 1 aliphatic rings. The van der Waals surface area contributed by atoms with Gasteiger partial charge in [0.2, 0.25) is 0 Å². The number of pyridine rings is 1. The van der Waals surface area contributed by atoms with Gasteiger partial charge in [-0.15, -0.1) is 0 Å². The minimum absolute atomic E-state index is 0.150. The summed E-state index contributed by atoms with van der Waals surface area (Å²) in [7, 11) is 3.48. The van der Waals surface area contributed by atoms with Gasteiger partial charge < -0.3 is 5.32 Å². The molecule has 0 aromatic carbocycles. The maximum absolute atomic E-state index is 11.3. The maximum atomic E-state index is 11.3. The second-order valence-corrected chi connectivity index (χ2v) is 2.85. The van der Waals surface area contributed by atoms with Crippen molar-refractivity contribution in [1.82, 2.24) is 9.99 Å². The molecule has 2 amide bonds. The Labute approximate surface area is 75.9 Å². The molecule has 1 aromatic rings. The van der Waals surface area contributed by atoms with Gasteiger partial charge in [0, 0.05) is 20.3 Å². The third-order valence-corrected chi connectivity index (χ3v) is 2.08. The summed E-state index contributed by atoms with van der Waals surface area (Å²) in [6, 6.07) is 3.46. The lowest BCUT2D eigenvalue weighted by molar-refractivity contribution is 0.218. The number of urea groups is 1. The normalized spacial score (nSPS) is 15.4. The maximum Gasteiger partial charge on any atom is 0.340 e. The van der Waals surface area contributed by atoms with Gasteiger partial charge in [-0.05, 0) is 12.1 Å². The second-order valence-electron chi connectivity index (χ2n) is 2.85. The molecule has 68 valence electrons. The number of hydrogen-bond acceptors (Lipinski definition) is 3. The van der Waals surface area contributed by atoms with Gasteiger partial charge in [-0.3, -0.25) is 5.01 Å². The molecule has 5 nitrogen and oxygen atoms in total. The SMILES string of the molecule is CN1C(=O)Nc2cccnc2N1C. The van der Waals surface area contributed by atoms with Crippen molar-refractivity contribution in [3.8, 4) is 0 Å². The van der Waals surface area contributed by atoms with Gasteiger partial charge in [0.1, 0.15) is 0 Å². The first-order chi connectivity index (χ1) is 6.20. The van der Waals surface area contributed by atoms with Crippen LogP contribution in [0.1, 0.15) is 0 Å². The molecule has 0 unspecified atom stereocenters. The van der Waals surface area contributed by atoms with Gasteiger partial charge >= 0.3 is 6.03 Å². The Morgan fingerprint density at radius 3 is 2.92 bits per heavy atom. The van der Waals surface area contributed by atoms with Gasteiger partial charge in [0.15, 0.2) is 5.82 Å². The van der Waals surface area contributed by atoms with Crippen LogP contribution in [0.25, 0.3) is 0 Å². The molecule has 2 heterocycles. The molecule has 1 N–H and O–H groups in total. The van der Waals surface area contributed by atoms with E-state index in [-0.39, 0.29) is 6.03 Å². The van der Waals surface area contributed by atoms with Crippen LogP contribution in [-0.4, -0.2) is 30.1 Å². The molecule has 0 radical (unpaired) electrons. The van der Waals surface area contributed by atoms with Crippen molar-refractivity contribution in [3.63, 3.8) is 0 Å². The Hall–Kier alpha value is -1.78. The number of hydrazine groups is 1. The van der Waals surface area contributed by atoms with Crippen molar-refractivity contribution in [2.75, 3.05) is 24.4 Å². The first kappa shape index (κ1) is 7.85. The standard InChI is InChI=1S/C8H10N4O/c1-11-7-6(4-3-5-9-7)10-8(13)12(11)2/h3-5H,1-2H3,(H,10,13). The number of hydrogen-bond donors (Lipinski definition) is 1. The van der Waals surface area contributed by atoms with Gasteiger partial charge in [-0.2, -0.15) is 0 Å². The zero-order valence-corrected chi connectivity index (χ0v) is 7.48. The summed E-state index contributed by atoms with van der Waals surface area (Å²) in [4.78, 5) is 15.5. The van der Waals surface area contributed by atoms with Crippen LogP contribution in [0.5, 0.6) is 0 Å². The zero-order valence-electron chi connectivity index (χ0n) is 7.48. The molecule has 0 spiro atoms. The largest absolute Gasteiger partial charge is 0.340 e. The molecular weight excluding hydrogens is 168 g/mol. The van der Waals surface area contributed by atoms with Crippen molar-refractivity contribution >= 4 is 17.5 Å². The summed E-state index contributed by atoms with van der Waals surface area (Å²) >= 11 is 0. The molecular formula is C8H10N4O. The summed E-state index contributed by atoms with van der Waals surface area (Å²) in [6.07, 6.45) is 1.70. The van der Waals surface area contributed by atoms with E-state index in [4.69, 9.17) is 0 Å². The van der Waals surface area contributed by atoms with E-state index in [1.807, 2.05) is 6.07 Å². The zero-order chi connectivity index (χ0) is 9.42. The van der Waals surface area contributed by atoms with E-state index >= 15 is 0 Å². The van der Waals surface area contributed by atoms with Crippen LogP contribution in [0.4, 0.5) is 16.3 Å². The fourth-order valence-electron chi connectivity index (χ4n) is 1.23. The highest BCUT2D eigenvalue weighted by Crippen LogP contribution is 2.26. The van der Waals surface area contributed by atoms with Crippen LogP contribution in [-0.2, 0) is 0 Å². The first-order valence-electron chi connectivity index (χ1n) is 3.93. The molecule has 0 bridgehead atoms. The van der Waals surface area contributed by atoms with Crippen molar-refractivity contribution in [2.24, 2.45) is 0 Å². The molecule has 1 aromatic heterocycles. The van der Waals surface area contributed by atoms with Gasteiger partial charge in [-0.25, -0.2) is 14.8 Å². The third-order valence-electron chi connectivity index (χ3n) is 2.08. The summed E-state index contributed by atoms with van der Waals surface area (Å²) < 4.78 is 0. The molecule has 0 aliphatic carbocycles. The monoisotopic (exact) mass is 178 g/mol. The summed E-state index contributed by atoms with van der Waals surface area (Å²) in [6.45, 7) is 0. The molecule has 5 heteroatoms. The Morgan fingerprint density at radius 1 is 1.38 bits per heavy atom. The molecule has 0 atom stereocenters. The number of nitrogens with zero attached hydrogens (tertiary/aromatic N) is 3. The quantitative estimate of drug-likeness (QED) is 0.642. The fraction of sp³-hybridized carbons (Fsp3) is 0.250. The number of anilines is 2. The summed E-state index contributed by atoms with van der Waals surface area (Å²) in [5.74, 6) is 0.754. The molecule has 13 heavy (non-hydrogen) atoms. The lowest BCUT2D eigenvalue weighted by Crippen LogP contribution is -2.47. The number of amides is 2. The number of aromatic nitrogens is 1. The number of carbonyl (C=O) groups excluding carboxylic acids is 1. The lowest BCUT2D eigenvalue weighted by Gasteiger charge is -2.34. The highest BCUT2D eigenvalue weighted by atomic mass is 16.2. The number of rotatable bonds is 0. The molecule has 2 rings (SSSR count). The Morgan fingerprint density at radius 2 is 2.15 bits per heavy atom.